The zero-order valence-electron chi connectivity index (χ0n) is 18.1. The lowest BCUT2D eigenvalue weighted by Gasteiger charge is -2.12. The molecule has 0 atom stereocenters. The highest BCUT2D eigenvalue weighted by Crippen LogP contribution is 2.18. The van der Waals surface area contributed by atoms with E-state index in [1.54, 1.807) is 36.4 Å². The van der Waals surface area contributed by atoms with E-state index >= 15 is 0 Å². The van der Waals surface area contributed by atoms with Crippen molar-refractivity contribution in [2.24, 2.45) is 0 Å². The first kappa shape index (κ1) is 21.8. The number of nitrogens with one attached hydrogen (secondary N) is 1. The molecule has 1 amide bonds. The minimum absolute atomic E-state index is 0.0180. The van der Waals surface area contributed by atoms with Gasteiger partial charge in [-0.1, -0.05) is 41.9 Å². The molecule has 0 unspecified atom stereocenters. The quantitative estimate of drug-likeness (QED) is 0.414. The van der Waals surface area contributed by atoms with Gasteiger partial charge in [0.1, 0.15) is 5.82 Å². The largest absolute Gasteiger partial charge is 0.345 e. The molecule has 9 heteroatoms. The van der Waals surface area contributed by atoms with Gasteiger partial charge in [0.25, 0.3) is 11.5 Å². The molecule has 3 aromatic carbocycles. The van der Waals surface area contributed by atoms with E-state index in [2.05, 4.69) is 15.4 Å². The van der Waals surface area contributed by atoms with Crippen LogP contribution in [0.5, 0.6) is 0 Å². The standard InChI is InChI=1S/C25H19ClFN5O2/c1-15-5-10-20-21(11-15)31(14-17-3-2-4-19(27)12-17)25(34)23-29-22(30-32(20)23)24(33)28-13-16-6-8-18(26)9-7-16/h2-12H,13-14H2,1H3,(H,28,33). The third-order valence-corrected chi connectivity index (χ3v) is 5.74. The average Bonchev–Trinajstić information content (AvgIpc) is 3.27. The van der Waals surface area contributed by atoms with Crippen molar-refractivity contribution >= 4 is 34.2 Å². The molecule has 0 radical (unpaired) electrons. The predicted molar refractivity (Wildman–Crippen MR) is 128 cm³/mol. The number of halogens is 2. The molecule has 0 aliphatic heterocycles. The van der Waals surface area contributed by atoms with Crippen molar-refractivity contribution in [1.82, 2.24) is 24.5 Å². The smallest absolute Gasteiger partial charge is 0.296 e. The minimum Gasteiger partial charge on any atom is -0.345 e. The fourth-order valence-electron chi connectivity index (χ4n) is 3.81. The molecule has 2 heterocycles. The van der Waals surface area contributed by atoms with E-state index in [1.807, 2.05) is 25.1 Å². The Bertz CT molecular complexity index is 1610. The van der Waals surface area contributed by atoms with Crippen molar-refractivity contribution in [3.05, 3.63) is 110 Å². The highest BCUT2D eigenvalue weighted by atomic mass is 35.5. The summed E-state index contributed by atoms with van der Waals surface area (Å²) in [5.41, 5.74) is 3.26. The molecular formula is C25H19ClFN5O2. The maximum absolute atomic E-state index is 13.7. The second kappa shape index (κ2) is 8.72. The predicted octanol–water partition coefficient (Wildman–Crippen LogP) is 4.12. The number of fused-ring (bicyclic) bond motifs is 3. The van der Waals surface area contributed by atoms with Crippen LogP contribution in [0.4, 0.5) is 4.39 Å². The molecule has 7 nitrogen and oxygen atoms in total. The SMILES string of the molecule is Cc1ccc2c(c1)n(Cc1cccc(F)c1)c(=O)c1nc(C(=O)NCc3ccc(Cl)cc3)nn12. The lowest BCUT2D eigenvalue weighted by molar-refractivity contribution is 0.0941. The summed E-state index contributed by atoms with van der Waals surface area (Å²) in [4.78, 5) is 30.4. The Balaban J connectivity index is 1.56. The van der Waals surface area contributed by atoms with Gasteiger partial charge in [-0.15, -0.1) is 5.10 Å². The Labute approximate surface area is 198 Å². The van der Waals surface area contributed by atoms with E-state index in [-0.39, 0.29) is 30.4 Å². The van der Waals surface area contributed by atoms with Crippen LogP contribution in [-0.2, 0) is 13.1 Å². The van der Waals surface area contributed by atoms with Crippen LogP contribution in [0.1, 0.15) is 27.3 Å². The maximum atomic E-state index is 13.7. The molecule has 34 heavy (non-hydrogen) atoms. The monoisotopic (exact) mass is 475 g/mol. The third kappa shape index (κ3) is 4.15. The number of carbonyl (C=O) groups excluding carboxylic acids is 1. The van der Waals surface area contributed by atoms with Gasteiger partial charge in [0.05, 0.1) is 17.6 Å². The number of benzene rings is 3. The third-order valence-electron chi connectivity index (χ3n) is 5.49. The van der Waals surface area contributed by atoms with Crippen molar-refractivity contribution in [2.45, 2.75) is 20.0 Å². The Kier molecular flexibility index (Phi) is 5.59. The zero-order chi connectivity index (χ0) is 23.8. The van der Waals surface area contributed by atoms with Crippen LogP contribution in [0.3, 0.4) is 0 Å². The van der Waals surface area contributed by atoms with Gasteiger partial charge in [-0.3, -0.25) is 14.2 Å². The second-order valence-corrected chi connectivity index (χ2v) is 8.43. The Morgan fingerprint density at radius 3 is 2.59 bits per heavy atom. The first-order valence-electron chi connectivity index (χ1n) is 10.6. The van der Waals surface area contributed by atoms with Crippen LogP contribution in [-0.4, -0.2) is 25.1 Å². The molecule has 0 saturated heterocycles. The molecular weight excluding hydrogens is 457 g/mol. The summed E-state index contributed by atoms with van der Waals surface area (Å²) in [5, 5.41) is 7.69. The molecule has 0 saturated carbocycles. The summed E-state index contributed by atoms with van der Waals surface area (Å²) in [7, 11) is 0. The Hall–Kier alpha value is -4.04. The van der Waals surface area contributed by atoms with E-state index < -0.39 is 11.5 Å². The fraction of sp³-hybridized carbons (Fsp3) is 0.120. The lowest BCUT2D eigenvalue weighted by Crippen LogP contribution is -2.24. The second-order valence-electron chi connectivity index (χ2n) is 7.99. The van der Waals surface area contributed by atoms with Crippen LogP contribution in [0.15, 0.2) is 71.5 Å². The molecule has 2 aromatic heterocycles. The Morgan fingerprint density at radius 1 is 1.03 bits per heavy atom. The van der Waals surface area contributed by atoms with Gasteiger partial charge in [-0.25, -0.2) is 8.91 Å². The van der Waals surface area contributed by atoms with Crippen LogP contribution < -0.4 is 10.9 Å². The maximum Gasteiger partial charge on any atom is 0.296 e. The van der Waals surface area contributed by atoms with Gasteiger partial charge in [-0.2, -0.15) is 4.98 Å². The molecule has 0 aliphatic carbocycles. The van der Waals surface area contributed by atoms with Crippen LogP contribution in [0.25, 0.3) is 16.7 Å². The first-order valence-corrected chi connectivity index (χ1v) is 10.9. The molecule has 170 valence electrons. The lowest BCUT2D eigenvalue weighted by atomic mass is 10.2. The van der Waals surface area contributed by atoms with E-state index in [9.17, 15) is 14.0 Å². The van der Waals surface area contributed by atoms with Gasteiger partial charge < -0.3 is 5.32 Å². The van der Waals surface area contributed by atoms with Crippen molar-refractivity contribution in [3.63, 3.8) is 0 Å². The van der Waals surface area contributed by atoms with Gasteiger partial charge in [0, 0.05) is 11.6 Å². The molecule has 5 aromatic rings. The topological polar surface area (TPSA) is 81.3 Å². The van der Waals surface area contributed by atoms with Crippen molar-refractivity contribution in [1.29, 1.82) is 0 Å². The first-order chi connectivity index (χ1) is 16.4. The highest BCUT2D eigenvalue weighted by molar-refractivity contribution is 6.30. The normalized spacial score (nSPS) is 11.3. The van der Waals surface area contributed by atoms with E-state index in [0.29, 0.717) is 21.6 Å². The number of rotatable bonds is 5. The number of aryl methyl sites for hydroxylation is 1. The van der Waals surface area contributed by atoms with E-state index in [0.717, 1.165) is 11.1 Å². The number of carbonyl (C=O) groups is 1. The van der Waals surface area contributed by atoms with Crippen molar-refractivity contribution in [2.75, 3.05) is 0 Å². The molecule has 0 aliphatic rings. The van der Waals surface area contributed by atoms with Gasteiger partial charge >= 0.3 is 0 Å². The number of hydrogen-bond acceptors (Lipinski definition) is 4. The summed E-state index contributed by atoms with van der Waals surface area (Å²) in [6.45, 7) is 2.32. The number of nitrogens with zero attached hydrogens (tertiary/aromatic N) is 4. The van der Waals surface area contributed by atoms with E-state index in [1.165, 1.54) is 21.2 Å². The summed E-state index contributed by atoms with van der Waals surface area (Å²) < 4.78 is 16.7. The molecule has 5 rings (SSSR count). The van der Waals surface area contributed by atoms with E-state index in [4.69, 9.17) is 11.6 Å². The van der Waals surface area contributed by atoms with Crippen molar-refractivity contribution in [3.8, 4) is 0 Å². The van der Waals surface area contributed by atoms with Crippen LogP contribution in [0.2, 0.25) is 5.02 Å². The number of aromatic nitrogens is 4. The number of amides is 1. The minimum atomic E-state index is -0.505. The van der Waals surface area contributed by atoms with Gasteiger partial charge in [-0.05, 0) is 60.0 Å². The van der Waals surface area contributed by atoms with Crippen LogP contribution >= 0.6 is 11.6 Å². The molecule has 1 N–H and O–H groups in total. The van der Waals surface area contributed by atoms with Gasteiger partial charge in [0.15, 0.2) is 0 Å². The molecule has 0 fully saturated rings. The summed E-state index contributed by atoms with van der Waals surface area (Å²) in [6, 6.07) is 18.7. The summed E-state index contributed by atoms with van der Waals surface area (Å²) in [5.74, 6) is -0.999. The Morgan fingerprint density at radius 2 is 1.82 bits per heavy atom. The molecule has 0 spiro atoms. The van der Waals surface area contributed by atoms with Crippen molar-refractivity contribution < 1.29 is 9.18 Å². The summed E-state index contributed by atoms with van der Waals surface area (Å²) in [6.07, 6.45) is 0. The van der Waals surface area contributed by atoms with Crippen LogP contribution in [0, 0.1) is 12.7 Å². The molecule has 0 bridgehead atoms. The fourth-order valence-corrected chi connectivity index (χ4v) is 3.94. The number of hydrogen-bond donors (Lipinski definition) is 1. The van der Waals surface area contributed by atoms with Gasteiger partial charge in [0.2, 0.25) is 11.5 Å². The summed E-state index contributed by atoms with van der Waals surface area (Å²) >= 11 is 5.90. The highest BCUT2D eigenvalue weighted by Gasteiger charge is 2.19. The average molecular weight is 476 g/mol. The zero-order valence-corrected chi connectivity index (χ0v) is 18.9.